The van der Waals surface area contributed by atoms with E-state index in [0.717, 1.165) is 14.7 Å². The van der Waals surface area contributed by atoms with Crippen molar-refractivity contribution in [3.8, 4) is 0 Å². The molecule has 5 heteroatoms. The number of anilines is 1. The van der Waals surface area contributed by atoms with E-state index in [4.69, 9.17) is 5.73 Å². The topological polar surface area (TPSA) is 75.3 Å². The molecule has 0 heterocycles. The number of carbonyl (C=O) groups is 1. The van der Waals surface area contributed by atoms with Gasteiger partial charge in [-0.15, -0.1) is 0 Å². The van der Waals surface area contributed by atoms with Crippen LogP contribution >= 0.6 is 22.6 Å². The summed E-state index contributed by atoms with van der Waals surface area (Å²) in [5.74, 6) is -0.183. The maximum Gasteiger partial charge on any atom is 0.252 e. The zero-order valence-corrected chi connectivity index (χ0v) is 13.8. The Hall–Kier alpha value is -1.60. The van der Waals surface area contributed by atoms with Crippen molar-refractivity contribution in [2.45, 2.75) is 13.0 Å². The Bertz CT molecular complexity index is 641. The molecule has 0 aliphatic rings. The molecule has 0 fully saturated rings. The molecule has 1 unspecified atom stereocenters. The summed E-state index contributed by atoms with van der Waals surface area (Å²) in [6, 6.07) is 12.5. The van der Waals surface area contributed by atoms with Gasteiger partial charge in [-0.25, -0.2) is 0 Å². The quantitative estimate of drug-likeness (QED) is 0.550. The van der Waals surface area contributed by atoms with Crippen molar-refractivity contribution in [1.82, 2.24) is 5.32 Å². The van der Waals surface area contributed by atoms with Crippen LogP contribution in [-0.2, 0) is 0 Å². The summed E-state index contributed by atoms with van der Waals surface area (Å²) >= 11 is 2.16. The first-order chi connectivity index (χ1) is 9.99. The fraction of sp³-hybridized carbons (Fsp3) is 0.188. The average Bonchev–Trinajstić information content (AvgIpc) is 2.48. The number of aryl methyl sites for hydroxylation is 1. The van der Waals surface area contributed by atoms with Crippen LogP contribution in [0.4, 0.5) is 5.69 Å². The van der Waals surface area contributed by atoms with Gasteiger partial charge in [-0.2, -0.15) is 0 Å². The van der Waals surface area contributed by atoms with Crippen LogP contribution in [0, 0.1) is 10.5 Å². The molecule has 0 aliphatic heterocycles. The highest BCUT2D eigenvalue weighted by Crippen LogP contribution is 2.17. The fourth-order valence-corrected chi connectivity index (χ4v) is 2.55. The molecule has 0 saturated heterocycles. The second-order valence-electron chi connectivity index (χ2n) is 4.83. The number of nitrogens with two attached hydrogens (primary N) is 1. The molecule has 110 valence electrons. The number of nitrogen functional groups attached to an aromatic ring is 1. The van der Waals surface area contributed by atoms with Gasteiger partial charge in [-0.05, 0) is 58.8 Å². The lowest BCUT2D eigenvalue weighted by Crippen LogP contribution is -2.29. The lowest BCUT2D eigenvalue weighted by molar-refractivity contribution is 0.0915. The number of aliphatic hydroxyl groups is 1. The lowest BCUT2D eigenvalue weighted by Gasteiger charge is -2.13. The summed E-state index contributed by atoms with van der Waals surface area (Å²) in [5, 5.41) is 12.8. The highest BCUT2D eigenvalue weighted by atomic mass is 127. The van der Waals surface area contributed by atoms with Crippen LogP contribution in [0.5, 0.6) is 0 Å². The minimum atomic E-state index is -0.753. The van der Waals surface area contributed by atoms with E-state index in [2.05, 4.69) is 27.9 Å². The monoisotopic (exact) mass is 396 g/mol. The molecule has 0 spiro atoms. The van der Waals surface area contributed by atoms with Crippen molar-refractivity contribution in [3.63, 3.8) is 0 Å². The number of hydrogen-bond acceptors (Lipinski definition) is 3. The third-order valence-corrected chi connectivity index (χ3v) is 4.65. The molecule has 1 atom stereocenters. The van der Waals surface area contributed by atoms with E-state index in [1.807, 2.05) is 19.1 Å². The molecule has 4 nitrogen and oxygen atoms in total. The van der Waals surface area contributed by atoms with Crippen molar-refractivity contribution in [2.24, 2.45) is 0 Å². The van der Waals surface area contributed by atoms with E-state index in [-0.39, 0.29) is 12.5 Å². The molecule has 0 aliphatic carbocycles. The highest BCUT2D eigenvalue weighted by molar-refractivity contribution is 14.1. The van der Waals surface area contributed by atoms with Gasteiger partial charge in [0, 0.05) is 15.8 Å². The minimum Gasteiger partial charge on any atom is -0.399 e. The number of aliphatic hydroxyl groups excluding tert-OH is 1. The van der Waals surface area contributed by atoms with E-state index in [0.29, 0.717) is 11.3 Å². The first kappa shape index (κ1) is 15.8. The van der Waals surface area contributed by atoms with Gasteiger partial charge in [0.05, 0.1) is 11.7 Å². The summed E-state index contributed by atoms with van der Waals surface area (Å²) in [5.41, 5.74) is 8.65. The number of benzene rings is 2. The Morgan fingerprint density at radius 2 is 1.95 bits per heavy atom. The molecule has 1 amide bonds. The Morgan fingerprint density at radius 1 is 1.29 bits per heavy atom. The number of amides is 1. The van der Waals surface area contributed by atoms with E-state index in [9.17, 15) is 9.90 Å². The van der Waals surface area contributed by atoms with Crippen LogP contribution in [0.15, 0.2) is 42.5 Å². The number of carbonyl (C=O) groups excluding carboxylic acids is 1. The van der Waals surface area contributed by atoms with Crippen molar-refractivity contribution >= 4 is 34.2 Å². The van der Waals surface area contributed by atoms with Crippen molar-refractivity contribution in [1.29, 1.82) is 0 Å². The first-order valence-corrected chi connectivity index (χ1v) is 7.63. The average molecular weight is 396 g/mol. The van der Waals surface area contributed by atoms with E-state index in [1.165, 1.54) is 0 Å². The van der Waals surface area contributed by atoms with E-state index >= 15 is 0 Å². The molecule has 2 aromatic rings. The normalized spacial score (nSPS) is 12.0. The third kappa shape index (κ3) is 3.95. The van der Waals surface area contributed by atoms with E-state index in [1.54, 1.807) is 30.3 Å². The zero-order valence-electron chi connectivity index (χ0n) is 11.6. The summed E-state index contributed by atoms with van der Waals surface area (Å²) in [6.07, 6.45) is -0.753. The summed E-state index contributed by atoms with van der Waals surface area (Å²) < 4.78 is 0.926. The number of nitrogens with one attached hydrogen (secondary N) is 1. The molecular formula is C16H17IN2O2. The second kappa shape index (κ2) is 6.91. The summed E-state index contributed by atoms with van der Waals surface area (Å²) in [4.78, 5) is 12.2. The molecule has 21 heavy (non-hydrogen) atoms. The van der Waals surface area contributed by atoms with Gasteiger partial charge >= 0.3 is 0 Å². The molecule has 0 bridgehead atoms. The zero-order chi connectivity index (χ0) is 15.4. The first-order valence-electron chi connectivity index (χ1n) is 6.56. The van der Waals surface area contributed by atoms with Gasteiger partial charge < -0.3 is 16.2 Å². The van der Waals surface area contributed by atoms with Crippen molar-refractivity contribution in [2.75, 3.05) is 12.3 Å². The molecule has 4 N–H and O–H groups in total. The van der Waals surface area contributed by atoms with Crippen LogP contribution < -0.4 is 11.1 Å². The minimum absolute atomic E-state index is 0.159. The Labute approximate surface area is 137 Å². The predicted octanol–water partition coefficient (Wildman–Crippen LogP) is 2.65. The Morgan fingerprint density at radius 3 is 2.62 bits per heavy atom. The molecule has 0 radical (unpaired) electrons. The van der Waals surface area contributed by atoms with Gasteiger partial charge in [0.15, 0.2) is 0 Å². The molecule has 2 rings (SSSR count). The predicted molar refractivity (Wildman–Crippen MR) is 92.0 cm³/mol. The van der Waals surface area contributed by atoms with Crippen LogP contribution in [-0.4, -0.2) is 17.6 Å². The largest absolute Gasteiger partial charge is 0.399 e. The summed E-state index contributed by atoms with van der Waals surface area (Å²) in [7, 11) is 0. The Balaban J connectivity index is 2.00. The highest BCUT2D eigenvalue weighted by Gasteiger charge is 2.13. The number of halogens is 1. The Kier molecular flexibility index (Phi) is 5.19. The number of hydrogen-bond donors (Lipinski definition) is 3. The van der Waals surface area contributed by atoms with Crippen LogP contribution in [0.25, 0.3) is 0 Å². The summed E-state index contributed by atoms with van der Waals surface area (Å²) in [6.45, 7) is 2.12. The standard InChI is InChI=1S/C16H17IN2O2/c1-10-3-2-4-13(15(10)17)16(21)19-9-14(20)11-5-7-12(18)8-6-11/h2-8,14,20H,9,18H2,1H3,(H,19,21). The lowest BCUT2D eigenvalue weighted by atomic mass is 10.1. The van der Waals surface area contributed by atoms with Crippen molar-refractivity contribution < 1.29 is 9.90 Å². The fourth-order valence-electron chi connectivity index (χ4n) is 1.94. The van der Waals surface area contributed by atoms with Gasteiger partial charge in [0.25, 0.3) is 5.91 Å². The van der Waals surface area contributed by atoms with Gasteiger partial charge in [-0.1, -0.05) is 24.3 Å². The molecule has 2 aromatic carbocycles. The molecule has 0 aromatic heterocycles. The molecular weight excluding hydrogens is 379 g/mol. The van der Waals surface area contributed by atoms with Crippen LogP contribution in [0.3, 0.4) is 0 Å². The third-order valence-electron chi connectivity index (χ3n) is 3.21. The number of rotatable bonds is 4. The smallest absolute Gasteiger partial charge is 0.252 e. The van der Waals surface area contributed by atoms with Crippen LogP contribution in [0.1, 0.15) is 27.6 Å². The van der Waals surface area contributed by atoms with Gasteiger partial charge in [0.1, 0.15) is 0 Å². The second-order valence-corrected chi connectivity index (χ2v) is 5.91. The maximum absolute atomic E-state index is 12.2. The van der Waals surface area contributed by atoms with Gasteiger partial charge in [-0.3, -0.25) is 4.79 Å². The van der Waals surface area contributed by atoms with E-state index < -0.39 is 6.10 Å². The van der Waals surface area contributed by atoms with Crippen molar-refractivity contribution in [3.05, 3.63) is 62.7 Å². The molecule has 0 saturated carbocycles. The SMILES string of the molecule is Cc1cccc(C(=O)NCC(O)c2ccc(N)cc2)c1I. The van der Waals surface area contributed by atoms with Crippen LogP contribution in [0.2, 0.25) is 0 Å². The maximum atomic E-state index is 12.2. The van der Waals surface area contributed by atoms with Gasteiger partial charge in [0.2, 0.25) is 0 Å².